The van der Waals surface area contributed by atoms with Gasteiger partial charge in [0.1, 0.15) is 5.82 Å². The first-order valence-corrected chi connectivity index (χ1v) is 9.39. The third-order valence-corrected chi connectivity index (χ3v) is 4.69. The lowest BCUT2D eigenvalue weighted by atomic mass is 10.1. The number of anilines is 1. The van der Waals surface area contributed by atoms with Gasteiger partial charge in [0.25, 0.3) is 0 Å². The van der Waals surface area contributed by atoms with E-state index < -0.39 is 0 Å². The van der Waals surface area contributed by atoms with E-state index in [1.165, 1.54) is 6.07 Å². The van der Waals surface area contributed by atoms with Crippen molar-refractivity contribution in [2.24, 2.45) is 0 Å². The largest absolute Gasteiger partial charge is 0.493 e. The van der Waals surface area contributed by atoms with Crippen LogP contribution >= 0.6 is 0 Å². The highest BCUT2D eigenvalue weighted by Crippen LogP contribution is 2.28. The zero-order valence-electron chi connectivity index (χ0n) is 16.2. The van der Waals surface area contributed by atoms with Crippen molar-refractivity contribution in [1.29, 1.82) is 0 Å². The highest BCUT2D eigenvalue weighted by atomic mass is 19.1. The fourth-order valence-corrected chi connectivity index (χ4v) is 3.21. The van der Waals surface area contributed by atoms with E-state index in [-0.39, 0.29) is 11.7 Å². The van der Waals surface area contributed by atoms with E-state index in [9.17, 15) is 9.18 Å². The molecule has 0 saturated carbocycles. The molecule has 0 aromatic heterocycles. The summed E-state index contributed by atoms with van der Waals surface area (Å²) < 4.78 is 24.8. The van der Waals surface area contributed by atoms with Gasteiger partial charge in [-0.15, -0.1) is 0 Å². The number of amides is 1. The Morgan fingerprint density at radius 2 is 1.86 bits per heavy atom. The first kappa shape index (κ1) is 19.7. The molecule has 28 heavy (non-hydrogen) atoms. The Morgan fingerprint density at radius 3 is 2.54 bits per heavy atom. The van der Waals surface area contributed by atoms with Gasteiger partial charge in [-0.2, -0.15) is 0 Å². The average molecular weight is 384 g/mol. The molecule has 1 saturated heterocycles. The summed E-state index contributed by atoms with van der Waals surface area (Å²) in [4.78, 5) is 16.3. The van der Waals surface area contributed by atoms with Crippen LogP contribution in [0, 0.1) is 5.82 Å². The second-order valence-electron chi connectivity index (χ2n) is 6.44. The number of ether oxygens (including phenoxy) is 2. The SMILES string of the molecule is CCOc1cc(/C=C/C(=O)N2CCN(c3ccccc3F)CC2)ccc1OC. The normalized spacial score (nSPS) is 14.4. The van der Waals surface area contributed by atoms with Gasteiger partial charge in [0.2, 0.25) is 5.91 Å². The molecule has 1 aliphatic heterocycles. The first-order valence-electron chi connectivity index (χ1n) is 9.39. The molecule has 0 spiro atoms. The highest BCUT2D eigenvalue weighted by Gasteiger charge is 2.21. The summed E-state index contributed by atoms with van der Waals surface area (Å²) >= 11 is 0. The van der Waals surface area contributed by atoms with Crippen molar-refractivity contribution < 1.29 is 18.7 Å². The molecule has 0 N–H and O–H groups in total. The van der Waals surface area contributed by atoms with E-state index in [2.05, 4.69) is 0 Å². The van der Waals surface area contributed by atoms with Crippen molar-refractivity contribution >= 4 is 17.7 Å². The van der Waals surface area contributed by atoms with Crippen LogP contribution in [0.5, 0.6) is 11.5 Å². The van der Waals surface area contributed by atoms with Gasteiger partial charge in [-0.3, -0.25) is 4.79 Å². The number of nitrogens with zero attached hydrogens (tertiary/aromatic N) is 2. The van der Waals surface area contributed by atoms with Crippen molar-refractivity contribution in [2.45, 2.75) is 6.92 Å². The number of methoxy groups -OCH3 is 1. The number of rotatable bonds is 6. The number of halogens is 1. The standard InChI is InChI=1S/C22H25FN2O3/c1-3-28-21-16-17(8-10-20(21)27-2)9-11-22(26)25-14-12-24(13-15-25)19-7-5-4-6-18(19)23/h4-11,16H,3,12-15H2,1-2H3/b11-9+. The Hall–Kier alpha value is -3.02. The van der Waals surface area contributed by atoms with E-state index >= 15 is 0 Å². The quantitative estimate of drug-likeness (QED) is 0.714. The van der Waals surface area contributed by atoms with Crippen LogP contribution in [0.3, 0.4) is 0 Å². The number of hydrogen-bond donors (Lipinski definition) is 0. The average Bonchev–Trinajstić information content (AvgIpc) is 2.73. The lowest BCUT2D eigenvalue weighted by Gasteiger charge is -2.35. The number of carbonyl (C=O) groups excluding carboxylic acids is 1. The summed E-state index contributed by atoms with van der Waals surface area (Å²) in [6, 6.07) is 12.3. The molecule has 1 fully saturated rings. The van der Waals surface area contributed by atoms with Crippen molar-refractivity contribution in [1.82, 2.24) is 4.90 Å². The summed E-state index contributed by atoms with van der Waals surface area (Å²) in [6.45, 7) is 4.78. The Bertz CT molecular complexity index is 845. The minimum absolute atomic E-state index is 0.0537. The summed E-state index contributed by atoms with van der Waals surface area (Å²) in [7, 11) is 1.60. The molecule has 148 valence electrons. The zero-order valence-corrected chi connectivity index (χ0v) is 16.2. The van der Waals surface area contributed by atoms with Gasteiger partial charge in [0.05, 0.1) is 19.4 Å². The van der Waals surface area contributed by atoms with Gasteiger partial charge in [0, 0.05) is 32.3 Å². The summed E-state index contributed by atoms with van der Waals surface area (Å²) in [6.07, 6.45) is 3.34. The molecule has 2 aromatic carbocycles. The van der Waals surface area contributed by atoms with E-state index in [0.717, 1.165) is 5.56 Å². The van der Waals surface area contributed by atoms with E-state index in [1.54, 1.807) is 36.3 Å². The van der Waals surface area contributed by atoms with Gasteiger partial charge in [-0.25, -0.2) is 4.39 Å². The Morgan fingerprint density at radius 1 is 1.11 bits per heavy atom. The number of carbonyl (C=O) groups is 1. The van der Waals surface area contributed by atoms with E-state index in [4.69, 9.17) is 9.47 Å². The number of benzene rings is 2. The van der Waals surface area contributed by atoms with Crippen LogP contribution in [0.15, 0.2) is 48.5 Å². The zero-order chi connectivity index (χ0) is 19.9. The molecule has 5 nitrogen and oxygen atoms in total. The Labute approximate surface area is 165 Å². The number of para-hydroxylation sites is 1. The Kier molecular flexibility index (Phi) is 6.53. The van der Waals surface area contributed by atoms with Crippen LogP contribution in [-0.4, -0.2) is 50.7 Å². The smallest absolute Gasteiger partial charge is 0.246 e. The van der Waals surface area contributed by atoms with Gasteiger partial charge in [0.15, 0.2) is 11.5 Å². The lowest BCUT2D eigenvalue weighted by Crippen LogP contribution is -2.48. The van der Waals surface area contributed by atoms with Crippen LogP contribution in [0.1, 0.15) is 12.5 Å². The molecule has 0 atom stereocenters. The van der Waals surface area contributed by atoms with E-state index in [0.29, 0.717) is 50.0 Å². The monoisotopic (exact) mass is 384 g/mol. The lowest BCUT2D eigenvalue weighted by molar-refractivity contribution is -0.126. The predicted octanol–water partition coefficient (Wildman–Crippen LogP) is 3.60. The van der Waals surface area contributed by atoms with Gasteiger partial charge >= 0.3 is 0 Å². The fourth-order valence-electron chi connectivity index (χ4n) is 3.21. The molecule has 0 radical (unpaired) electrons. The molecular weight excluding hydrogens is 359 g/mol. The van der Waals surface area contributed by atoms with Crippen LogP contribution in [0.25, 0.3) is 6.08 Å². The summed E-state index contributed by atoms with van der Waals surface area (Å²) in [5.41, 5.74) is 1.45. The van der Waals surface area contributed by atoms with Crippen LogP contribution in [0.4, 0.5) is 10.1 Å². The van der Waals surface area contributed by atoms with Crippen LogP contribution < -0.4 is 14.4 Å². The number of piperazine rings is 1. The molecule has 0 bridgehead atoms. The summed E-state index contributed by atoms with van der Waals surface area (Å²) in [5, 5.41) is 0. The van der Waals surface area contributed by atoms with Crippen LogP contribution in [-0.2, 0) is 4.79 Å². The van der Waals surface area contributed by atoms with Crippen molar-refractivity contribution in [3.05, 3.63) is 59.9 Å². The van der Waals surface area contributed by atoms with Crippen molar-refractivity contribution in [3.8, 4) is 11.5 Å². The molecule has 6 heteroatoms. The Balaban J connectivity index is 1.60. The second kappa shape index (κ2) is 9.26. The van der Waals surface area contributed by atoms with Gasteiger partial charge in [-0.05, 0) is 42.8 Å². The van der Waals surface area contributed by atoms with Crippen LogP contribution in [0.2, 0.25) is 0 Å². The second-order valence-corrected chi connectivity index (χ2v) is 6.44. The molecule has 0 aliphatic carbocycles. The molecule has 1 heterocycles. The minimum Gasteiger partial charge on any atom is -0.493 e. The highest BCUT2D eigenvalue weighted by molar-refractivity contribution is 5.92. The maximum Gasteiger partial charge on any atom is 0.246 e. The van der Waals surface area contributed by atoms with Gasteiger partial charge < -0.3 is 19.3 Å². The minimum atomic E-state index is -0.230. The first-order chi connectivity index (χ1) is 13.6. The molecular formula is C22H25FN2O3. The van der Waals surface area contributed by atoms with E-state index in [1.807, 2.05) is 36.1 Å². The van der Waals surface area contributed by atoms with Crippen molar-refractivity contribution in [2.75, 3.05) is 44.8 Å². The van der Waals surface area contributed by atoms with Gasteiger partial charge in [-0.1, -0.05) is 18.2 Å². The topological polar surface area (TPSA) is 42.0 Å². The molecule has 3 rings (SSSR count). The maximum absolute atomic E-state index is 13.9. The predicted molar refractivity (Wildman–Crippen MR) is 108 cm³/mol. The molecule has 0 unspecified atom stereocenters. The third-order valence-electron chi connectivity index (χ3n) is 4.69. The molecule has 2 aromatic rings. The van der Waals surface area contributed by atoms with Crippen molar-refractivity contribution in [3.63, 3.8) is 0 Å². The number of hydrogen-bond acceptors (Lipinski definition) is 4. The summed E-state index contributed by atoms with van der Waals surface area (Å²) in [5.74, 6) is 1.03. The third kappa shape index (κ3) is 4.63. The maximum atomic E-state index is 13.9. The fraction of sp³-hybridized carbons (Fsp3) is 0.318. The molecule has 1 amide bonds. The molecule has 1 aliphatic rings.